The Morgan fingerprint density at radius 2 is 2.13 bits per heavy atom. The molecular formula is C22H27N5O3. The summed E-state index contributed by atoms with van der Waals surface area (Å²) in [4.78, 5) is 25.2. The standard InChI is InChI=1S/C22H27N5O3/c1-22(2,3)30-21(29)25-15-7-5-6-14(10-15)13-27-20(28)19-17(11-24-27)16-8-9-23-12-18(16)26(19)4/h5-7,10-11,23H,8-9,12-13H2,1-4H3,(H,25,29). The number of aromatic nitrogens is 3. The van der Waals surface area contributed by atoms with Crippen LogP contribution in [0, 0.1) is 0 Å². The number of amides is 1. The van der Waals surface area contributed by atoms with Gasteiger partial charge in [-0.05, 0) is 57.0 Å². The molecule has 0 spiro atoms. The van der Waals surface area contributed by atoms with E-state index in [0.717, 1.165) is 36.2 Å². The molecule has 0 radical (unpaired) electrons. The van der Waals surface area contributed by atoms with Crippen LogP contribution >= 0.6 is 0 Å². The Kier molecular flexibility index (Phi) is 5.11. The first kappa shape index (κ1) is 20.2. The summed E-state index contributed by atoms with van der Waals surface area (Å²) in [5, 5.41) is 11.4. The van der Waals surface area contributed by atoms with Crippen molar-refractivity contribution >= 4 is 22.7 Å². The number of rotatable bonds is 3. The van der Waals surface area contributed by atoms with Crippen LogP contribution in [-0.4, -0.2) is 32.6 Å². The minimum Gasteiger partial charge on any atom is -0.444 e. The highest BCUT2D eigenvalue weighted by Gasteiger charge is 2.21. The van der Waals surface area contributed by atoms with Crippen LogP contribution in [0.5, 0.6) is 0 Å². The van der Waals surface area contributed by atoms with Crippen molar-refractivity contribution in [1.29, 1.82) is 0 Å². The summed E-state index contributed by atoms with van der Waals surface area (Å²) in [5.74, 6) is 0. The number of hydrogen-bond donors (Lipinski definition) is 2. The summed E-state index contributed by atoms with van der Waals surface area (Å²) in [6, 6.07) is 7.34. The van der Waals surface area contributed by atoms with Crippen molar-refractivity contribution in [3.05, 3.63) is 57.6 Å². The summed E-state index contributed by atoms with van der Waals surface area (Å²) in [6.45, 7) is 7.43. The van der Waals surface area contributed by atoms with Crippen LogP contribution in [0.4, 0.5) is 10.5 Å². The largest absolute Gasteiger partial charge is 0.444 e. The van der Waals surface area contributed by atoms with E-state index in [4.69, 9.17) is 4.74 Å². The molecule has 0 fully saturated rings. The first-order valence-electron chi connectivity index (χ1n) is 10.1. The first-order valence-corrected chi connectivity index (χ1v) is 10.1. The smallest absolute Gasteiger partial charge is 0.412 e. The molecule has 3 aromatic rings. The molecule has 1 amide bonds. The van der Waals surface area contributed by atoms with E-state index < -0.39 is 11.7 Å². The number of carbonyl (C=O) groups is 1. The van der Waals surface area contributed by atoms with Gasteiger partial charge in [0.05, 0.1) is 12.7 Å². The van der Waals surface area contributed by atoms with E-state index in [1.165, 1.54) is 10.2 Å². The van der Waals surface area contributed by atoms with E-state index in [-0.39, 0.29) is 5.56 Å². The van der Waals surface area contributed by atoms with Gasteiger partial charge < -0.3 is 14.6 Å². The lowest BCUT2D eigenvalue weighted by molar-refractivity contribution is 0.0636. The number of nitrogens with one attached hydrogen (secondary N) is 2. The van der Waals surface area contributed by atoms with Gasteiger partial charge >= 0.3 is 6.09 Å². The molecule has 158 valence electrons. The van der Waals surface area contributed by atoms with Gasteiger partial charge in [-0.1, -0.05) is 12.1 Å². The fraction of sp³-hybridized carbons (Fsp3) is 0.409. The normalized spacial score (nSPS) is 13.9. The van der Waals surface area contributed by atoms with Crippen LogP contribution in [0.1, 0.15) is 37.6 Å². The van der Waals surface area contributed by atoms with Crippen molar-refractivity contribution in [3.63, 3.8) is 0 Å². The molecule has 2 N–H and O–H groups in total. The molecule has 3 heterocycles. The van der Waals surface area contributed by atoms with Gasteiger partial charge in [-0.25, -0.2) is 9.48 Å². The highest BCUT2D eigenvalue weighted by atomic mass is 16.6. The maximum atomic E-state index is 13.2. The predicted molar refractivity (Wildman–Crippen MR) is 116 cm³/mol. The van der Waals surface area contributed by atoms with E-state index >= 15 is 0 Å². The second kappa shape index (κ2) is 7.60. The predicted octanol–water partition coefficient (Wildman–Crippen LogP) is 2.78. The van der Waals surface area contributed by atoms with E-state index in [0.29, 0.717) is 17.7 Å². The van der Waals surface area contributed by atoms with Gasteiger partial charge in [-0.15, -0.1) is 0 Å². The number of aryl methyl sites for hydroxylation is 1. The second-order valence-electron chi connectivity index (χ2n) is 8.61. The number of fused-ring (bicyclic) bond motifs is 3. The average molecular weight is 409 g/mol. The molecule has 2 aromatic heterocycles. The quantitative estimate of drug-likeness (QED) is 0.694. The molecule has 0 saturated heterocycles. The Balaban J connectivity index is 1.61. The summed E-state index contributed by atoms with van der Waals surface area (Å²) in [7, 11) is 1.94. The van der Waals surface area contributed by atoms with Gasteiger partial charge in [0.25, 0.3) is 5.56 Å². The molecule has 0 unspecified atom stereocenters. The Morgan fingerprint density at radius 3 is 2.90 bits per heavy atom. The first-order chi connectivity index (χ1) is 14.2. The second-order valence-corrected chi connectivity index (χ2v) is 8.61. The lowest BCUT2D eigenvalue weighted by Crippen LogP contribution is -2.27. The molecule has 0 saturated carbocycles. The molecule has 1 aliphatic rings. The number of benzene rings is 1. The fourth-order valence-electron chi connectivity index (χ4n) is 3.90. The highest BCUT2D eigenvalue weighted by molar-refractivity contribution is 5.85. The molecule has 0 bridgehead atoms. The minimum absolute atomic E-state index is 0.116. The van der Waals surface area contributed by atoms with Crippen LogP contribution in [0.2, 0.25) is 0 Å². The number of hydrogen-bond acceptors (Lipinski definition) is 5. The SMILES string of the molecule is Cn1c2c(c3cnn(Cc4cccc(NC(=O)OC(C)(C)C)c4)c(=O)c31)CCNC2. The van der Waals surface area contributed by atoms with Gasteiger partial charge in [-0.3, -0.25) is 10.1 Å². The Morgan fingerprint density at radius 1 is 1.33 bits per heavy atom. The van der Waals surface area contributed by atoms with Gasteiger partial charge in [0, 0.05) is 30.4 Å². The zero-order valence-corrected chi connectivity index (χ0v) is 17.8. The summed E-state index contributed by atoms with van der Waals surface area (Å²) in [5.41, 5.74) is 3.83. The van der Waals surface area contributed by atoms with Gasteiger partial charge in [0.15, 0.2) is 0 Å². The fourth-order valence-corrected chi connectivity index (χ4v) is 3.90. The monoisotopic (exact) mass is 409 g/mol. The zero-order valence-electron chi connectivity index (χ0n) is 17.8. The number of ether oxygens (including phenoxy) is 1. The molecule has 0 atom stereocenters. The third kappa shape index (κ3) is 3.95. The topological polar surface area (TPSA) is 90.2 Å². The Hall–Kier alpha value is -3.13. The number of anilines is 1. The summed E-state index contributed by atoms with van der Waals surface area (Å²) >= 11 is 0. The molecule has 8 heteroatoms. The average Bonchev–Trinajstić information content (AvgIpc) is 2.96. The van der Waals surface area contributed by atoms with Crippen LogP contribution in [0.25, 0.3) is 10.9 Å². The van der Waals surface area contributed by atoms with Crippen molar-refractivity contribution in [3.8, 4) is 0 Å². The van der Waals surface area contributed by atoms with Gasteiger partial charge in [0.2, 0.25) is 0 Å². The van der Waals surface area contributed by atoms with Gasteiger partial charge in [-0.2, -0.15) is 5.10 Å². The zero-order chi connectivity index (χ0) is 21.5. The molecule has 0 aliphatic carbocycles. The van der Waals surface area contributed by atoms with Crippen LogP contribution in [0.15, 0.2) is 35.3 Å². The van der Waals surface area contributed by atoms with Gasteiger partial charge in [0.1, 0.15) is 11.1 Å². The maximum absolute atomic E-state index is 13.2. The maximum Gasteiger partial charge on any atom is 0.412 e. The third-order valence-corrected chi connectivity index (χ3v) is 5.18. The van der Waals surface area contributed by atoms with Crippen LogP contribution < -0.4 is 16.2 Å². The van der Waals surface area contributed by atoms with Crippen molar-refractivity contribution in [1.82, 2.24) is 19.7 Å². The lowest BCUT2D eigenvalue weighted by atomic mass is 10.1. The van der Waals surface area contributed by atoms with Crippen LogP contribution in [-0.2, 0) is 31.3 Å². The molecule has 1 aromatic carbocycles. The van der Waals surface area contributed by atoms with E-state index in [1.807, 2.05) is 50.6 Å². The Bertz CT molecular complexity index is 1170. The van der Waals surface area contributed by atoms with Crippen LogP contribution in [0.3, 0.4) is 0 Å². The van der Waals surface area contributed by atoms with Crippen molar-refractivity contribution in [2.45, 2.75) is 45.9 Å². The number of nitrogens with zero attached hydrogens (tertiary/aromatic N) is 3. The molecular weight excluding hydrogens is 382 g/mol. The molecule has 8 nitrogen and oxygen atoms in total. The Labute approximate surface area is 174 Å². The lowest BCUT2D eigenvalue weighted by Gasteiger charge is -2.19. The van der Waals surface area contributed by atoms with E-state index in [2.05, 4.69) is 15.7 Å². The minimum atomic E-state index is -0.571. The number of carbonyl (C=O) groups excluding carboxylic acids is 1. The molecule has 30 heavy (non-hydrogen) atoms. The summed E-state index contributed by atoms with van der Waals surface area (Å²) in [6.07, 6.45) is 2.18. The molecule has 4 rings (SSSR count). The molecule has 1 aliphatic heterocycles. The van der Waals surface area contributed by atoms with Crippen molar-refractivity contribution < 1.29 is 9.53 Å². The highest BCUT2D eigenvalue weighted by Crippen LogP contribution is 2.25. The summed E-state index contributed by atoms with van der Waals surface area (Å²) < 4.78 is 8.74. The van der Waals surface area contributed by atoms with E-state index in [1.54, 1.807) is 12.3 Å². The third-order valence-electron chi connectivity index (χ3n) is 5.18. The van der Waals surface area contributed by atoms with E-state index in [9.17, 15) is 9.59 Å². The van der Waals surface area contributed by atoms with Crippen molar-refractivity contribution in [2.24, 2.45) is 7.05 Å². The van der Waals surface area contributed by atoms with Crippen molar-refractivity contribution in [2.75, 3.05) is 11.9 Å².